The molecule has 0 bridgehead atoms. The van der Waals surface area contributed by atoms with Gasteiger partial charge in [0, 0.05) is 0 Å². The summed E-state index contributed by atoms with van der Waals surface area (Å²) in [6.45, 7) is 13.3. The summed E-state index contributed by atoms with van der Waals surface area (Å²) in [5.41, 5.74) is 11.6. The summed E-state index contributed by atoms with van der Waals surface area (Å²) in [6.07, 6.45) is 35.3. The van der Waals surface area contributed by atoms with Gasteiger partial charge in [-0.3, -0.25) is 0 Å². The third kappa shape index (κ3) is 31.3. The van der Waals surface area contributed by atoms with Crippen LogP contribution < -0.4 is 11.1 Å². The van der Waals surface area contributed by atoms with Gasteiger partial charge in [-0.25, -0.2) is 0 Å². The maximum absolute atomic E-state index is 5.54. The molecule has 0 amide bonds. The number of allylic oxidation sites excluding steroid dienone is 2. The van der Waals surface area contributed by atoms with Crippen LogP contribution in [0.3, 0.4) is 0 Å². The molecule has 0 unspecified atom stereocenters. The van der Waals surface area contributed by atoms with Gasteiger partial charge in [0.25, 0.3) is 0 Å². The van der Waals surface area contributed by atoms with E-state index in [1.54, 1.807) is 0 Å². The number of nitrogens with two attached hydrogens (primary N) is 1. The molecule has 0 radical (unpaired) electrons. The fourth-order valence-corrected chi connectivity index (χ4v) is 5.18. The maximum atomic E-state index is 5.54. The van der Waals surface area contributed by atoms with Crippen molar-refractivity contribution < 1.29 is 0 Å². The molecule has 0 rings (SSSR count). The molecular formula is C35H68N2. The third-order valence-electron chi connectivity index (χ3n) is 7.72. The first-order chi connectivity index (χ1) is 18.2. The quantitative estimate of drug-likeness (QED) is 0.0546. The largest absolute Gasteiger partial charge is 0.330 e. The van der Waals surface area contributed by atoms with Crippen molar-refractivity contribution in [3.8, 4) is 0 Å². The molecule has 0 saturated heterocycles. The second-order valence-corrected chi connectivity index (χ2v) is 11.7. The zero-order chi connectivity index (χ0) is 27.1. The number of nitrogens with one attached hydrogen (secondary N) is 1. The SMILES string of the molecule is C=C=C(CCCCCCCCCCCCCCCCN)CCCCCCCCNCCCCCC(=C)C. The van der Waals surface area contributed by atoms with Gasteiger partial charge in [0.2, 0.25) is 0 Å². The molecule has 0 heterocycles. The van der Waals surface area contributed by atoms with Crippen LogP contribution in [0, 0.1) is 0 Å². The van der Waals surface area contributed by atoms with E-state index in [0.717, 1.165) is 6.54 Å². The average Bonchev–Trinajstić information content (AvgIpc) is 2.89. The van der Waals surface area contributed by atoms with E-state index in [4.69, 9.17) is 5.73 Å². The Morgan fingerprint density at radius 3 is 1.22 bits per heavy atom. The second kappa shape index (κ2) is 31.4. The van der Waals surface area contributed by atoms with Crippen molar-refractivity contribution in [2.24, 2.45) is 5.73 Å². The molecule has 37 heavy (non-hydrogen) atoms. The van der Waals surface area contributed by atoms with E-state index in [9.17, 15) is 0 Å². The highest BCUT2D eigenvalue weighted by molar-refractivity contribution is 4.98. The molecular weight excluding hydrogens is 448 g/mol. The van der Waals surface area contributed by atoms with E-state index in [2.05, 4.69) is 31.1 Å². The monoisotopic (exact) mass is 517 g/mol. The Morgan fingerprint density at radius 2 is 0.838 bits per heavy atom. The van der Waals surface area contributed by atoms with Crippen molar-refractivity contribution in [2.75, 3.05) is 19.6 Å². The molecule has 0 aliphatic rings. The van der Waals surface area contributed by atoms with Crippen molar-refractivity contribution in [2.45, 2.75) is 174 Å². The molecule has 0 aromatic carbocycles. The van der Waals surface area contributed by atoms with Crippen LogP contribution in [0.5, 0.6) is 0 Å². The summed E-state index contributed by atoms with van der Waals surface area (Å²) in [6, 6.07) is 0. The van der Waals surface area contributed by atoms with Crippen molar-refractivity contribution in [3.63, 3.8) is 0 Å². The highest BCUT2D eigenvalue weighted by Crippen LogP contribution is 2.18. The van der Waals surface area contributed by atoms with E-state index in [1.165, 1.54) is 191 Å². The summed E-state index contributed by atoms with van der Waals surface area (Å²) < 4.78 is 0. The van der Waals surface area contributed by atoms with E-state index in [1.807, 2.05) is 0 Å². The van der Waals surface area contributed by atoms with Crippen molar-refractivity contribution in [3.05, 3.63) is 30.0 Å². The second-order valence-electron chi connectivity index (χ2n) is 11.7. The van der Waals surface area contributed by atoms with Crippen LogP contribution in [0.25, 0.3) is 0 Å². The Kier molecular flexibility index (Phi) is 30.7. The lowest BCUT2D eigenvalue weighted by Crippen LogP contribution is -2.16. The predicted octanol–water partition coefficient (Wildman–Crippen LogP) is 11.0. The van der Waals surface area contributed by atoms with Gasteiger partial charge in [0.15, 0.2) is 0 Å². The van der Waals surface area contributed by atoms with Crippen LogP contribution in [0.4, 0.5) is 0 Å². The normalized spacial score (nSPS) is 11.1. The van der Waals surface area contributed by atoms with Gasteiger partial charge in [-0.05, 0) is 89.9 Å². The standard InChI is InChI=1S/C35H68N2/c1-4-35(29-23-17-13-11-9-7-5-6-8-10-12-15-19-25-31-36)30-24-18-14-16-20-26-32-37-33-27-21-22-28-34(2)3/h37H,1-2,5-33,36H2,3H3. The maximum Gasteiger partial charge on any atom is -0.00489 e. The van der Waals surface area contributed by atoms with Crippen molar-refractivity contribution in [1.29, 1.82) is 0 Å². The van der Waals surface area contributed by atoms with Crippen LogP contribution in [0.15, 0.2) is 30.0 Å². The first kappa shape index (κ1) is 36.2. The van der Waals surface area contributed by atoms with E-state index >= 15 is 0 Å². The summed E-state index contributed by atoms with van der Waals surface area (Å²) in [5, 5.41) is 3.61. The Morgan fingerprint density at radius 1 is 0.514 bits per heavy atom. The highest BCUT2D eigenvalue weighted by Gasteiger charge is 2.00. The number of unbranched alkanes of at least 4 members (excludes halogenated alkanes) is 20. The predicted molar refractivity (Wildman–Crippen MR) is 169 cm³/mol. The molecule has 2 heteroatoms. The summed E-state index contributed by atoms with van der Waals surface area (Å²) in [7, 11) is 0. The lowest BCUT2D eigenvalue weighted by molar-refractivity contribution is 0.532. The van der Waals surface area contributed by atoms with Crippen LogP contribution in [-0.2, 0) is 0 Å². The van der Waals surface area contributed by atoms with E-state index in [-0.39, 0.29) is 0 Å². The first-order valence-electron chi connectivity index (χ1n) is 16.6. The topological polar surface area (TPSA) is 38.0 Å². The van der Waals surface area contributed by atoms with Crippen LogP contribution >= 0.6 is 0 Å². The highest BCUT2D eigenvalue weighted by atomic mass is 14.8. The van der Waals surface area contributed by atoms with Gasteiger partial charge in [-0.15, -0.1) is 12.3 Å². The summed E-state index contributed by atoms with van der Waals surface area (Å²) >= 11 is 0. The first-order valence-corrected chi connectivity index (χ1v) is 16.6. The minimum Gasteiger partial charge on any atom is -0.330 e. The molecule has 3 N–H and O–H groups in total. The summed E-state index contributed by atoms with van der Waals surface area (Å²) in [4.78, 5) is 0. The molecule has 0 aliphatic heterocycles. The fourth-order valence-electron chi connectivity index (χ4n) is 5.18. The molecule has 0 fully saturated rings. The average molecular weight is 517 g/mol. The van der Waals surface area contributed by atoms with Crippen molar-refractivity contribution >= 4 is 0 Å². The molecule has 0 spiro atoms. The van der Waals surface area contributed by atoms with Gasteiger partial charge >= 0.3 is 0 Å². The zero-order valence-electron chi connectivity index (χ0n) is 25.5. The summed E-state index contributed by atoms with van der Waals surface area (Å²) in [5.74, 6) is 0. The third-order valence-corrected chi connectivity index (χ3v) is 7.72. The molecule has 0 saturated carbocycles. The fraction of sp³-hybridized carbons (Fsp3) is 0.857. The number of hydrogen-bond acceptors (Lipinski definition) is 2. The van der Waals surface area contributed by atoms with Crippen LogP contribution in [0.2, 0.25) is 0 Å². The molecule has 0 aromatic rings. The lowest BCUT2D eigenvalue weighted by Gasteiger charge is -2.07. The minimum atomic E-state index is 0.864. The van der Waals surface area contributed by atoms with Crippen LogP contribution in [0.1, 0.15) is 174 Å². The Hall–Kier alpha value is -0.820. The van der Waals surface area contributed by atoms with Gasteiger partial charge in [0.1, 0.15) is 0 Å². The molecule has 218 valence electrons. The molecule has 2 nitrogen and oxygen atoms in total. The van der Waals surface area contributed by atoms with Gasteiger partial charge in [-0.1, -0.05) is 121 Å². The lowest BCUT2D eigenvalue weighted by atomic mass is 10.00. The zero-order valence-corrected chi connectivity index (χ0v) is 25.5. The van der Waals surface area contributed by atoms with Crippen molar-refractivity contribution in [1.82, 2.24) is 5.32 Å². The Balaban J connectivity index is 3.29. The van der Waals surface area contributed by atoms with E-state index in [0.29, 0.717) is 0 Å². The van der Waals surface area contributed by atoms with Gasteiger partial charge in [0.05, 0.1) is 0 Å². The molecule has 0 atom stereocenters. The molecule has 0 aromatic heterocycles. The number of hydrogen-bond donors (Lipinski definition) is 2. The Bertz CT molecular complexity index is 517. The Labute approximate surface area is 234 Å². The van der Waals surface area contributed by atoms with Crippen LogP contribution in [-0.4, -0.2) is 19.6 Å². The van der Waals surface area contributed by atoms with Gasteiger partial charge in [-0.2, -0.15) is 0 Å². The smallest absolute Gasteiger partial charge is 0.00489 e. The number of rotatable bonds is 31. The van der Waals surface area contributed by atoms with E-state index < -0.39 is 0 Å². The minimum absolute atomic E-state index is 0.864. The van der Waals surface area contributed by atoms with Gasteiger partial charge < -0.3 is 11.1 Å². The molecule has 0 aliphatic carbocycles.